The zero-order valence-corrected chi connectivity index (χ0v) is 15.8. The molecule has 1 unspecified atom stereocenters. The predicted octanol–water partition coefficient (Wildman–Crippen LogP) is 3.15. The third kappa shape index (κ3) is 3.90. The van der Waals surface area contributed by atoms with Crippen molar-refractivity contribution in [2.45, 2.75) is 76.5 Å². The average molecular weight is 344 g/mol. The molecule has 1 aromatic carbocycles. The standard InChI is InChI=1S/C21H32N2O2/c1-4-23-14-11-19(20(23)24)22-18-9-12-21(25,13-10-18)17-7-5-16(6-8-17)15(2)3/h5-8,15,18-19,22,25H,4,9-14H2,1-3H3. The van der Waals surface area contributed by atoms with E-state index in [1.165, 1.54) is 5.56 Å². The molecule has 4 heteroatoms. The third-order valence-electron chi connectivity index (χ3n) is 6.04. The maximum atomic E-state index is 12.3. The lowest BCUT2D eigenvalue weighted by molar-refractivity contribution is -0.129. The van der Waals surface area contributed by atoms with E-state index >= 15 is 0 Å². The van der Waals surface area contributed by atoms with Gasteiger partial charge in [-0.1, -0.05) is 38.1 Å². The zero-order chi connectivity index (χ0) is 18.0. The number of rotatable bonds is 5. The number of nitrogens with zero attached hydrogens (tertiary/aromatic N) is 1. The van der Waals surface area contributed by atoms with Gasteiger partial charge in [0.05, 0.1) is 11.6 Å². The summed E-state index contributed by atoms with van der Waals surface area (Å²) >= 11 is 0. The monoisotopic (exact) mass is 344 g/mol. The number of hydrogen-bond donors (Lipinski definition) is 2. The first-order chi connectivity index (χ1) is 11.9. The van der Waals surface area contributed by atoms with E-state index in [0.29, 0.717) is 12.0 Å². The Morgan fingerprint density at radius 3 is 2.36 bits per heavy atom. The van der Waals surface area contributed by atoms with E-state index in [2.05, 4.69) is 43.4 Å². The van der Waals surface area contributed by atoms with E-state index in [4.69, 9.17) is 0 Å². The molecule has 1 aliphatic carbocycles. The van der Waals surface area contributed by atoms with Gasteiger partial charge in [0, 0.05) is 19.1 Å². The van der Waals surface area contributed by atoms with Crippen LogP contribution in [0.15, 0.2) is 24.3 Å². The van der Waals surface area contributed by atoms with Gasteiger partial charge in [-0.25, -0.2) is 0 Å². The van der Waals surface area contributed by atoms with E-state index < -0.39 is 5.60 Å². The average Bonchev–Trinajstić information content (AvgIpc) is 2.97. The molecule has 1 saturated heterocycles. The first-order valence-corrected chi connectivity index (χ1v) is 9.80. The highest BCUT2D eigenvalue weighted by Gasteiger charge is 2.37. The summed E-state index contributed by atoms with van der Waals surface area (Å²) in [5, 5.41) is 14.6. The van der Waals surface area contributed by atoms with Gasteiger partial charge in [-0.2, -0.15) is 0 Å². The SMILES string of the molecule is CCN1CCC(NC2CCC(O)(c3ccc(C(C)C)cc3)CC2)C1=O. The first-order valence-electron chi connectivity index (χ1n) is 9.80. The first kappa shape index (κ1) is 18.4. The molecule has 138 valence electrons. The van der Waals surface area contributed by atoms with Crippen molar-refractivity contribution in [3.05, 3.63) is 35.4 Å². The summed E-state index contributed by atoms with van der Waals surface area (Å²) in [4.78, 5) is 14.2. The Bertz CT molecular complexity index is 588. The molecule has 25 heavy (non-hydrogen) atoms. The molecule has 4 nitrogen and oxygen atoms in total. The molecule has 2 aliphatic rings. The molecule has 0 radical (unpaired) electrons. The van der Waals surface area contributed by atoms with Crippen LogP contribution in [0.1, 0.15) is 69.9 Å². The molecule has 1 amide bonds. The Morgan fingerprint density at radius 2 is 1.84 bits per heavy atom. The molecule has 1 saturated carbocycles. The van der Waals surface area contributed by atoms with Crippen LogP contribution in [0.2, 0.25) is 0 Å². The number of aliphatic hydroxyl groups is 1. The van der Waals surface area contributed by atoms with Crippen LogP contribution in [0, 0.1) is 0 Å². The molecule has 3 rings (SSSR count). The molecule has 2 fully saturated rings. The number of benzene rings is 1. The summed E-state index contributed by atoms with van der Waals surface area (Å²) in [5.41, 5.74) is 1.62. The number of carbonyl (C=O) groups is 1. The normalized spacial score (nSPS) is 30.3. The van der Waals surface area contributed by atoms with Gasteiger partial charge in [0.1, 0.15) is 0 Å². The van der Waals surface area contributed by atoms with Crippen LogP contribution < -0.4 is 5.32 Å². The van der Waals surface area contributed by atoms with E-state index in [-0.39, 0.29) is 11.9 Å². The quantitative estimate of drug-likeness (QED) is 0.863. The highest BCUT2D eigenvalue weighted by atomic mass is 16.3. The molecule has 0 spiro atoms. The summed E-state index contributed by atoms with van der Waals surface area (Å²) in [6.07, 6.45) is 4.25. The van der Waals surface area contributed by atoms with Crippen molar-refractivity contribution >= 4 is 5.91 Å². The van der Waals surface area contributed by atoms with E-state index in [1.54, 1.807) is 0 Å². The fraction of sp³-hybridized carbons (Fsp3) is 0.667. The second-order valence-electron chi connectivity index (χ2n) is 8.01. The maximum Gasteiger partial charge on any atom is 0.239 e. The summed E-state index contributed by atoms with van der Waals surface area (Å²) in [6, 6.07) is 8.76. The van der Waals surface area contributed by atoms with Gasteiger partial charge in [0.25, 0.3) is 0 Å². The summed E-state index contributed by atoms with van der Waals surface area (Å²) in [6.45, 7) is 8.07. The van der Waals surface area contributed by atoms with Crippen LogP contribution in [-0.2, 0) is 10.4 Å². The van der Waals surface area contributed by atoms with Crippen molar-refractivity contribution in [2.75, 3.05) is 13.1 Å². The number of carbonyl (C=O) groups excluding carboxylic acids is 1. The van der Waals surface area contributed by atoms with E-state index in [0.717, 1.165) is 50.8 Å². The van der Waals surface area contributed by atoms with Crippen LogP contribution in [0.5, 0.6) is 0 Å². The summed E-state index contributed by atoms with van der Waals surface area (Å²) in [5.74, 6) is 0.753. The minimum Gasteiger partial charge on any atom is -0.385 e. The Labute approximate surface area is 151 Å². The Balaban J connectivity index is 1.56. The van der Waals surface area contributed by atoms with Crippen molar-refractivity contribution < 1.29 is 9.90 Å². The van der Waals surface area contributed by atoms with Crippen LogP contribution in [0.4, 0.5) is 0 Å². The number of likely N-dealkylation sites (tertiary alicyclic amines) is 1. The Kier molecular flexibility index (Phi) is 5.49. The lowest BCUT2D eigenvalue weighted by Gasteiger charge is -2.37. The van der Waals surface area contributed by atoms with Gasteiger partial charge in [-0.05, 0) is 56.1 Å². The van der Waals surface area contributed by atoms with Crippen LogP contribution in [-0.4, -0.2) is 41.1 Å². The number of likely N-dealkylation sites (N-methyl/N-ethyl adjacent to an activating group) is 1. The lowest BCUT2D eigenvalue weighted by atomic mass is 9.77. The number of amides is 1. The second kappa shape index (κ2) is 7.46. The number of hydrogen-bond acceptors (Lipinski definition) is 3. The van der Waals surface area contributed by atoms with Crippen molar-refractivity contribution in [1.82, 2.24) is 10.2 Å². The zero-order valence-electron chi connectivity index (χ0n) is 15.8. The Morgan fingerprint density at radius 1 is 1.20 bits per heavy atom. The van der Waals surface area contributed by atoms with Crippen molar-refractivity contribution in [3.63, 3.8) is 0 Å². The molecule has 1 aromatic rings. The highest BCUT2D eigenvalue weighted by molar-refractivity contribution is 5.83. The molecular weight excluding hydrogens is 312 g/mol. The second-order valence-corrected chi connectivity index (χ2v) is 8.01. The van der Waals surface area contributed by atoms with Gasteiger partial charge in [-0.15, -0.1) is 0 Å². The van der Waals surface area contributed by atoms with Gasteiger partial charge in [0.2, 0.25) is 5.91 Å². The highest BCUT2D eigenvalue weighted by Crippen LogP contribution is 2.37. The van der Waals surface area contributed by atoms with Gasteiger partial charge in [0.15, 0.2) is 0 Å². The molecule has 0 aromatic heterocycles. The molecular formula is C21H32N2O2. The van der Waals surface area contributed by atoms with Crippen molar-refractivity contribution in [1.29, 1.82) is 0 Å². The smallest absolute Gasteiger partial charge is 0.239 e. The van der Waals surface area contributed by atoms with Crippen molar-refractivity contribution in [3.8, 4) is 0 Å². The van der Waals surface area contributed by atoms with Gasteiger partial charge in [-0.3, -0.25) is 4.79 Å². The lowest BCUT2D eigenvalue weighted by Crippen LogP contribution is -2.47. The van der Waals surface area contributed by atoms with E-state index in [1.807, 2.05) is 11.8 Å². The summed E-state index contributed by atoms with van der Waals surface area (Å²) in [7, 11) is 0. The van der Waals surface area contributed by atoms with Crippen LogP contribution >= 0.6 is 0 Å². The van der Waals surface area contributed by atoms with E-state index in [9.17, 15) is 9.90 Å². The molecule has 0 bridgehead atoms. The summed E-state index contributed by atoms with van der Waals surface area (Å²) < 4.78 is 0. The van der Waals surface area contributed by atoms with Crippen LogP contribution in [0.3, 0.4) is 0 Å². The topological polar surface area (TPSA) is 52.6 Å². The molecule has 1 atom stereocenters. The van der Waals surface area contributed by atoms with Crippen molar-refractivity contribution in [2.24, 2.45) is 0 Å². The minimum absolute atomic E-state index is 0.0264. The largest absolute Gasteiger partial charge is 0.385 e. The molecule has 2 N–H and O–H groups in total. The predicted molar refractivity (Wildman–Crippen MR) is 100 cm³/mol. The van der Waals surface area contributed by atoms with Gasteiger partial charge < -0.3 is 15.3 Å². The van der Waals surface area contributed by atoms with Gasteiger partial charge >= 0.3 is 0 Å². The fourth-order valence-corrected chi connectivity index (χ4v) is 4.22. The maximum absolute atomic E-state index is 12.3. The molecule has 1 heterocycles. The third-order valence-corrected chi connectivity index (χ3v) is 6.04. The minimum atomic E-state index is -0.719. The fourth-order valence-electron chi connectivity index (χ4n) is 4.22. The number of nitrogens with one attached hydrogen (secondary N) is 1. The van der Waals surface area contributed by atoms with Crippen LogP contribution in [0.25, 0.3) is 0 Å². The molecule has 1 aliphatic heterocycles. The Hall–Kier alpha value is -1.39.